The summed E-state index contributed by atoms with van der Waals surface area (Å²) < 4.78 is 31.0. The van der Waals surface area contributed by atoms with E-state index < -0.39 is 0 Å². The molecule has 1 N–H and O–H groups in total. The van der Waals surface area contributed by atoms with E-state index in [1.807, 2.05) is 18.5 Å². The molecule has 1 heterocycles. The highest BCUT2D eigenvalue weighted by Gasteiger charge is 2.19. The van der Waals surface area contributed by atoms with Crippen molar-refractivity contribution in [2.75, 3.05) is 26.6 Å². The molecule has 1 amide bonds. The van der Waals surface area contributed by atoms with Crippen LogP contribution in [0, 0.1) is 5.82 Å². The van der Waals surface area contributed by atoms with E-state index in [-0.39, 0.29) is 24.2 Å². The fraction of sp³-hybridized carbons (Fsp3) is 0.348. The summed E-state index contributed by atoms with van der Waals surface area (Å²) >= 11 is 1.49. The molecule has 8 nitrogen and oxygen atoms in total. The number of nitrogens with one attached hydrogen (secondary N) is 1. The molecule has 3 rings (SSSR count). The number of ether oxygens (including phenoxy) is 3. The Labute approximate surface area is 196 Å². The second kappa shape index (κ2) is 11.6. The van der Waals surface area contributed by atoms with Crippen molar-refractivity contribution in [3.05, 3.63) is 59.7 Å². The summed E-state index contributed by atoms with van der Waals surface area (Å²) in [5.41, 5.74) is 0.733. The number of methoxy groups -OCH3 is 2. The van der Waals surface area contributed by atoms with Crippen LogP contribution in [0.2, 0.25) is 0 Å². The number of carbonyl (C=O) groups is 1. The van der Waals surface area contributed by atoms with Gasteiger partial charge in [0, 0.05) is 18.4 Å². The molecule has 3 aromatic rings. The molecular formula is C23H27FN4O4S. The second-order valence-corrected chi connectivity index (χ2v) is 8.26. The first kappa shape index (κ1) is 24.4. The lowest BCUT2D eigenvalue weighted by Crippen LogP contribution is -2.29. The van der Waals surface area contributed by atoms with Crippen molar-refractivity contribution in [2.24, 2.45) is 7.05 Å². The van der Waals surface area contributed by atoms with Gasteiger partial charge in [0.1, 0.15) is 23.1 Å². The molecule has 176 valence electrons. The van der Waals surface area contributed by atoms with Crippen LogP contribution in [0.3, 0.4) is 0 Å². The van der Waals surface area contributed by atoms with E-state index in [9.17, 15) is 9.18 Å². The van der Waals surface area contributed by atoms with E-state index in [4.69, 9.17) is 14.2 Å². The first-order chi connectivity index (χ1) is 15.9. The van der Waals surface area contributed by atoms with Gasteiger partial charge in [0.2, 0.25) is 5.91 Å². The molecule has 0 spiro atoms. The Kier molecular flexibility index (Phi) is 8.53. The van der Waals surface area contributed by atoms with Crippen LogP contribution in [0.15, 0.2) is 47.6 Å². The van der Waals surface area contributed by atoms with Gasteiger partial charge in [-0.1, -0.05) is 11.8 Å². The quantitative estimate of drug-likeness (QED) is 0.336. The monoisotopic (exact) mass is 474 g/mol. The number of hydrogen-bond donors (Lipinski definition) is 1. The number of aromatic nitrogens is 3. The highest BCUT2D eigenvalue weighted by Crippen LogP contribution is 2.25. The van der Waals surface area contributed by atoms with Gasteiger partial charge in [-0.15, -0.1) is 10.2 Å². The van der Waals surface area contributed by atoms with Crippen LogP contribution in [0.5, 0.6) is 17.2 Å². The van der Waals surface area contributed by atoms with Gasteiger partial charge in [0.25, 0.3) is 0 Å². The van der Waals surface area contributed by atoms with Crippen LogP contribution in [-0.2, 0) is 18.3 Å². The Morgan fingerprint density at radius 1 is 1.12 bits per heavy atom. The predicted octanol–water partition coefficient (Wildman–Crippen LogP) is 3.56. The van der Waals surface area contributed by atoms with E-state index in [0.717, 1.165) is 5.56 Å². The summed E-state index contributed by atoms with van der Waals surface area (Å²) in [7, 11) is 4.99. The molecule has 0 bridgehead atoms. The zero-order chi connectivity index (χ0) is 23.8. The van der Waals surface area contributed by atoms with E-state index in [1.54, 1.807) is 44.6 Å². The average molecular weight is 475 g/mol. The van der Waals surface area contributed by atoms with Gasteiger partial charge >= 0.3 is 0 Å². The Morgan fingerprint density at radius 3 is 2.55 bits per heavy atom. The molecule has 0 fully saturated rings. The standard InChI is InChI=1S/C23H27FN4O4S/c1-15(25-21(29)14-16-13-19(30-3)9-10-20(16)31-4)22-26-27-23(28(22)2)33-12-11-32-18-7-5-17(24)6-8-18/h5-10,13,15H,11-12,14H2,1-4H3,(H,25,29)/t15-/m0/s1. The van der Waals surface area contributed by atoms with Crippen molar-refractivity contribution >= 4 is 17.7 Å². The molecule has 33 heavy (non-hydrogen) atoms. The van der Waals surface area contributed by atoms with Crippen molar-refractivity contribution in [1.82, 2.24) is 20.1 Å². The van der Waals surface area contributed by atoms with Crippen molar-refractivity contribution in [2.45, 2.75) is 24.5 Å². The minimum Gasteiger partial charge on any atom is -0.497 e. The highest BCUT2D eigenvalue weighted by molar-refractivity contribution is 7.99. The maximum atomic E-state index is 12.9. The molecule has 0 unspecified atom stereocenters. The van der Waals surface area contributed by atoms with E-state index >= 15 is 0 Å². The van der Waals surface area contributed by atoms with Crippen molar-refractivity contribution in [3.63, 3.8) is 0 Å². The summed E-state index contributed by atoms with van der Waals surface area (Å²) in [5, 5.41) is 12.1. The molecule has 0 aliphatic carbocycles. The molecular weight excluding hydrogens is 447 g/mol. The Bertz CT molecular complexity index is 1070. The normalized spacial score (nSPS) is 11.7. The zero-order valence-electron chi connectivity index (χ0n) is 19.0. The number of rotatable bonds is 11. The lowest BCUT2D eigenvalue weighted by atomic mass is 10.1. The number of halogens is 1. The smallest absolute Gasteiger partial charge is 0.225 e. The number of amides is 1. The molecule has 1 atom stereocenters. The molecule has 0 aliphatic rings. The predicted molar refractivity (Wildman–Crippen MR) is 123 cm³/mol. The van der Waals surface area contributed by atoms with E-state index in [1.165, 1.54) is 23.9 Å². The van der Waals surface area contributed by atoms with E-state index in [2.05, 4.69) is 15.5 Å². The van der Waals surface area contributed by atoms with Crippen molar-refractivity contribution in [1.29, 1.82) is 0 Å². The fourth-order valence-corrected chi connectivity index (χ4v) is 3.94. The van der Waals surface area contributed by atoms with Crippen LogP contribution in [-0.4, -0.2) is 47.3 Å². The number of hydrogen-bond acceptors (Lipinski definition) is 7. The summed E-state index contributed by atoms with van der Waals surface area (Å²) in [6, 6.07) is 10.9. The third-order valence-electron chi connectivity index (χ3n) is 4.87. The van der Waals surface area contributed by atoms with E-state index in [0.29, 0.717) is 40.6 Å². The van der Waals surface area contributed by atoms with Crippen LogP contribution in [0.1, 0.15) is 24.4 Å². The first-order valence-electron chi connectivity index (χ1n) is 10.3. The van der Waals surface area contributed by atoms with Crippen molar-refractivity contribution < 1.29 is 23.4 Å². The van der Waals surface area contributed by atoms with Gasteiger partial charge in [0.15, 0.2) is 11.0 Å². The number of benzene rings is 2. The number of thioether (sulfide) groups is 1. The molecule has 0 saturated carbocycles. The topological polar surface area (TPSA) is 87.5 Å². The van der Waals surface area contributed by atoms with Crippen LogP contribution in [0.4, 0.5) is 4.39 Å². The van der Waals surface area contributed by atoms with Crippen LogP contribution < -0.4 is 19.5 Å². The number of nitrogens with zero attached hydrogens (tertiary/aromatic N) is 3. The minimum atomic E-state index is -0.337. The van der Waals surface area contributed by atoms with Gasteiger partial charge < -0.3 is 24.1 Å². The average Bonchev–Trinajstić information content (AvgIpc) is 3.18. The second-order valence-electron chi connectivity index (χ2n) is 7.19. The summed E-state index contributed by atoms with van der Waals surface area (Å²) in [5.74, 6) is 2.71. The maximum Gasteiger partial charge on any atom is 0.225 e. The minimum absolute atomic E-state index is 0.144. The van der Waals surface area contributed by atoms with Crippen molar-refractivity contribution in [3.8, 4) is 17.2 Å². The highest BCUT2D eigenvalue weighted by atomic mass is 32.2. The van der Waals surface area contributed by atoms with Gasteiger partial charge in [-0.3, -0.25) is 4.79 Å². The Morgan fingerprint density at radius 2 is 1.85 bits per heavy atom. The van der Waals surface area contributed by atoms with Gasteiger partial charge in [0.05, 0.1) is 33.3 Å². The largest absolute Gasteiger partial charge is 0.497 e. The Balaban J connectivity index is 1.52. The zero-order valence-corrected chi connectivity index (χ0v) is 19.8. The third-order valence-corrected chi connectivity index (χ3v) is 5.85. The fourth-order valence-electron chi connectivity index (χ4n) is 3.20. The van der Waals surface area contributed by atoms with Crippen LogP contribution >= 0.6 is 11.8 Å². The molecule has 0 saturated heterocycles. The van der Waals surface area contributed by atoms with Gasteiger partial charge in [-0.25, -0.2) is 4.39 Å². The first-order valence-corrected chi connectivity index (χ1v) is 11.3. The molecule has 0 aliphatic heterocycles. The van der Waals surface area contributed by atoms with Gasteiger partial charge in [-0.05, 0) is 49.4 Å². The lowest BCUT2D eigenvalue weighted by molar-refractivity contribution is -0.121. The SMILES string of the molecule is COc1ccc(OC)c(CC(=O)N[C@@H](C)c2nnc(SCCOc3ccc(F)cc3)n2C)c1. The molecule has 2 aromatic carbocycles. The summed E-state index contributed by atoms with van der Waals surface area (Å²) in [6.45, 7) is 2.30. The number of carbonyl (C=O) groups excluding carboxylic acids is 1. The van der Waals surface area contributed by atoms with Gasteiger partial charge in [-0.2, -0.15) is 0 Å². The maximum absolute atomic E-state index is 12.9. The third kappa shape index (κ3) is 6.61. The molecule has 10 heteroatoms. The van der Waals surface area contributed by atoms with Crippen LogP contribution in [0.25, 0.3) is 0 Å². The molecule has 0 radical (unpaired) electrons. The summed E-state index contributed by atoms with van der Waals surface area (Å²) in [4.78, 5) is 12.6. The Hall–Kier alpha value is -3.27. The molecule has 1 aromatic heterocycles. The summed E-state index contributed by atoms with van der Waals surface area (Å²) in [6.07, 6.45) is 0.144. The lowest BCUT2D eigenvalue weighted by Gasteiger charge is -2.15.